The molecule has 0 bridgehead atoms. The Morgan fingerprint density at radius 1 is 0.952 bits per heavy atom. The summed E-state index contributed by atoms with van der Waals surface area (Å²) in [5, 5.41) is 13.2. The maximum Gasteiger partial charge on any atom is 0.123 e. The number of rotatable bonds is 7. The third-order valence-corrected chi connectivity index (χ3v) is 3.36. The lowest BCUT2D eigenvalue weighted by Crippen LogP contribution is -2.16. The smallest absolute Gasteiger partial charge is 0.123 e. The molecular weight excluding hydrogens is 266 g/mol. The molecule has 0 amide bonds. The number of phenolic OH excluding ortho intramolecular Hbond substituents is 1. The Bertz CT molecular complexity index is 567. The molecule has 0 saturated heterocycles. The van der Waals surface area contributed by atoms with Gasteiger partial charge in [0.1, 0.15) is 17.2 Å². The van der Waals surface area contributed by atoms with Crippen molar-refractivity contribution in [1.29, 1.82) is 0 Å². The molecule has 0 aliphatic carbocycles. The van der Waals surface area contributed by atoms with Gasteiger partial charge < -0.3 is 19.9 Å². The van der Waals surface area contributed by atoms with Crippen LogP contribution in [0.5, 0.6) is 17.2 Å². The zero-order valence-electron chi connectivity index (χ0n) is 12.4. The Morgan fingerprint density at radius 3 is 2.24 bits per heavy atom. The topological polar surface area (TPSA) is 50.7 Å². The molecular formula is C17H21NO3. The Morgan fingerprint density at radius 2 is 1.62 bits per heavy atom. The van der Waals surface area contributed by atoms with Crippen molar-refractivity contribution in [3.8, 4) is 17.2 Å². The van der Waals surface area contributed by atoms with Crippen LogP contribution in [0.2, 0.25) is 0 Å². The maximum absolute atomic E-state index is 9.86. The third-order valence-electron chi connectivity index (χ3n) is 3.36. The molecule has 0 spiro atoms. The number of phenols is 1. The van der Waals surface area contributed by atoms with Gasteiger partial charge in [-0.05, 0) is 36.7 Å². The van der Waals surface area contributed by atoms with Gasteiger partial charge >= 0.3 is 0 Å². The van der Waals surface area contributed by atoms with Gasteiger partial charge in [0.05, 0.1) is 14.2 Å². The second-order valence-electron chi connectivity index (χ2n) is 4.77. The predicted molar refractivity (Wildman–Crippen MR) is 83.1 cm³/mol. The summed E-state index contributed by atoms with van der Waals surface area (Å²) < 4.78 is 10.2. The summed E-state index contributed by atoms with van der Waals surface area (Å²) in [4.78, 5) is 0. The van der Waals surface area contributed by atoms with E-state index in [1.165, 1.54) is 5.56 Å². The number of ether oxygens (including phenoxy) is 2. The summed E-state index contributed by atoms with van der Waals surface area (Å²) in [6.07, 6.45) is 0.931. The quantitative estimate of drug-likeness (QED) is 0.769. The molecule has 0 aromatic heterocycles. The van der Waals surface area contributed by atoms with E-state index in [1.54, 1.807) is 20.3 Å². The van der Waals surface area contributed by atoms with Crippen molar-refractivity contribution in [1.82, 2.24) is 5.32 Å². The first-order chi connectivity index (χ1) is 10.2. The van der Waals surface area contributed by atoms with Gasteiger partial charge in [-0.1, -0.05) is 18.2 Å². The minimum atomic E-state index is 0.256. The molecule has 0 aliphatic rings. The summed E-state index contributed by atoms with van der Waals surface area (Å²) in [6.45, 7) is 1.48. The Balaban J connectivity index is 1.78. The second kappa shape index (κ2) is 7.55. The highest BCUT2D eigenvalue weighted by molar-refractivity contribution is 5.39. The third kappa shape index (κ3) is 4.39. The van der Waals surface area contributed by atoms with Gasteiger partial charge in [-0.2, -0.15) is 0 Å². The molecule has 4 heteroatoms. The molecule has 0 radical (unpaired) electrons. The van der Waals surface area contributed by atoms with Crippen molar-refractivity contribution in [2.24, 2.45) is 0 Å². The van der Waals surface area contributed by atoms with Crippen LogP contribution < -0.4 is 14.8 Å². The highest BCUT2D eigenvalue weighted by Crippen LogP contribution is 2.23. The molecule has 2 aromatic rings. The summed E-state index contributed by atoms with van der Waals surface area (Å²) in [5.41, 5.74) is 2.12. The highest BCUT2D eigenvalue weighted by atomic mass is 16.5. The van der Waals surface area contributed by atoms with E-state index < -0.39 is 0 Å². The van der Waals surface area contributed by atoms with Gasteiger partial charge in [0.2, 0.25) is 0 Å². The molecule has 0 aliphatic heterocycles. The molecule has 0 atom stereocenters. The van der Waals surface area contributed by atoms with Crippen molar-refractivity contribution in [3.63, 3.8) is 0 Å². The largest absolute Gasteiger partial charge is 0.507 e. The van der Waals surface area contributed by atoms with Crippen LogP contribution in [-0.4, -0.2) is 25.9 Å². The first kappa shape index (κ1) is 15.2. The lowest BCUT2D eigenvalue weighted by Gasteiger charge is -2.09. The van der Waals surface area contributed by atoms with E-state index in [1.807, 2.05) is 24.3 Å². The average molecular weight is 287 g/mol. The molecule has 21 heavy (non-hydrogen) atoms. The van der Waals surface area contributed by atoms with E-state index in [4.69, 9.17) is 9.47 Å². The number of benzene rings is 2. The van der Waals surface area contributed by atoms with Crippen LogP contribution in [0.25, 0.3) is 0 Å². The number of aromatic hydroxyl groups is 1. The van der Waals surface area contributed by atoms with Crippen LogP contribution in [0.1, 0.15) is 11.1 Å². The van der Waals surface area contributed by atoms with Crippen molar-refractivity contribution in [3.05, 3.63) is 53.6 Å². The van der Waals surface area contributed by atoms with Crippen molar-refractivity contribution in [2.75, 3.05) is 20.8 Å². The van der Waals surface area contributed by atoms with E-state index in [0.717, 1.165) is 24.3 Å². The fourth-order valence-electron chi connectivity index (χ4n) is 2.07. The van der Waals surface area contributed by atoms with Gasteiger partial charge in [0.15, 0.2) is 0 Å². The van der Waals surface area contributed by atoms with E-state index >= 15 is 0 Å². The standard InChI is InChI=1S/C17H21NO3/c1-20-15-6-3-13(4-7-15)9-10-18-12-14-5-8-16(21-2)11-17(14)19/h3-8,11,18-19H,9-10,12H2,1-2H3. The van der Waals surface area contributed by atoms with Crippen molar-refractivity contribution >= 4 is 0 Å². The summed E-state index contributed by atoms with van der Waals surface area (Å²) in [6, 6.07) is 13.4. The number of methoxy groups -OCH3 is 2. The minimum absolute atomic E-state index is 0.256. The maximum atomic E-state index is 9.86. The van der Waals surface area contributed by atoms with E-state index in [-0.39, 0.29) is 5.75 Å². The van der Waals surface area contributed by atoms with E-state index in [9.17, 15) is 5.11 Å². The first-order valence-electron chi connectivity index (χ1n) is 6.92. The summed E-state index contributed by atoms with van der Waals surface area (Å²) in [7, 11) is 3.25. The minimum Gasteiger partial charge on any atom is -0.507 e. The monoisotopic (exact) mass is 287 g/mol. The van der Waals surface area contributed by atoms with Gasteiger partial charge in [0, 0.05) is 18.2 Å². The van der Waals surface area contributed by atoms with Gasteiger partial charge in [-0.25, -0.2) is 0 Å². The van der Waals surface area contributed by atoms with E-state index in [0.29, 0.717) is 12.3 Å². The van der Waals surface area contributed by atoms with Gasteiger partial charge in [-0.3, -0.25) is 0 Å². The van der Waals surface area contributed by atoms with Crippen LogP contribution in [0, 0.1) is 0 Å². The number of hydrogen-bond acceptors (Lipinski definition) is 4. The lowest BCUT2D eigenvalue weighted by atomic mass is 10.1. The fourth-order valence-corrected chi connectivity index (χ4v) is 2.07. The number of hydrogen-bond donors (Lipinski definition) is 2. The zero-order valence-corrected chi connectivity index (χ0v) is 12.4. The molecule has 4 nitrogen and oxygen atoms in total. The molecule has 2 rings (SSSR count). The predicted octanol–water partition coefficient (Wildman–Crippen LogP) is 2.74. The van der Waals surface area contributed by atoms with Crippen LogP contribution >= 0.6 is 0 Å². The van der Waals surface area contributed by atoms with Crippen LogP contribution in [0.4, 0.5) is 0 Å². The first-order valence-corrected chi connectivity index (χ1v) is 6.92. The second-order valence-corrected chi connectivity index (χ2v) is 4.77. The molecule has 0 saturated carbocycles. The SMILES string of the molecule is COc1ccc(CCNCc2ccc(OC)cc2O)cc1. The van der Waals surface area contributed by atoms with Crippen molar-refractivity contribution in [2.45, 2.75) is 13.0 Å². The Hall–Kier alpha value is -2.20. The normalized spacial score (nSPS) is 10.4. The number of nitrogens with one attached hydrogen (secondary N) is 1. The summed E-state index contributed by atoms with van der Waals surface area (Å²) in [5.74, 6) is 1.79. The molecule has 112 valence electrons. The average Bonchev–Trinajstić information content (AvgIpc) is 2.53. The van der Waals surface area contributed by atoms with E-state index in [2.05, 4.69) is 17.4 Å². The van der Waals surface area contributed by atoms with Crippen LogP contribution in [0.15, 0.2) is 42.5 Å². The lowest BCUT2D eigenvalue weighted by molar-refractivity contribution is 0.406. The van der Waals surface area contributed by atoms with Crippen LogP contribution in [-0.2, 0) is 13.0 Å². The zero-order chi connectivity index (χ0) is 15.1. The fraction of sp³-hybridized carbons (Fsp3) is 0.294. The Kier molecular flexibility index (Phi) is 5.46. The molecule has 0 fully saturated rings. The molecule has 2 aromatic carbocycles. The highest BCUT2D eigenvalue weighted by Gasteiger charge is 2.02. The van der Waals surface area contributed by atoms with Crippen LogP contribution in [0.3, 0.4) is 0 Å². The van der Waals surface area contributed by atoms with Crippen molar-refractivity contribution < 1.29 is 14.6 Å². The molecule has 2 N–H and O–H groups in total. The molecule has 0 unspecified atom stereocenters. The Labute approximate surface area is 125 Å². The summed E-state index contributed by atoms with van der Waals surface area (Å²) >= 11 is 0. The van der Waals surface area contributed by atoms with Gasteiger partial charge in [-0.15, -0.1) is 0 Å². The molecule has 0 heterocycles. The van der Waals surface area contributed by atoms with Gasteiger partial charge in [0.25, 0.3) is 0 Å².